The Hall–Kier alpha value is -2.50. The fourth-order valence-corrected chi connectivity index (χ4v) is 2.27. The molecule has 1 aliphatic rings. The van der Waals surface area contributed by atoms with E-state index in [1.165, 1.54) is 30.2 Å². The Morgan fingerprint density at radius 3 is 2.71 bits per heavy atom. The number of amides is 2. The van der Waals surface area contributed by atoms with Crippen molar-refractivity contribution in [1.29, 1.82) is 0 Å². The molecule has 112 valence electrons. The molecule has 0 heterocycles. The van der Waals surface area contributed by atoms with E-state index < -0.39 is 5.97 Å². The summed E-state index contributed by atoms with van der Waals surface area (Å²) in [4.78, 5) is 22.4. The van der Waals surface area contributed by atoms with Crippen molar-refractivity contribution < 1.29 is 19.8 Å². The number of phenols is 1. The smallest absolute Gasteiger partial charge is 0.339 e. The standard InChI is InChI=1S/C15H18N2O4/c18-13-9-11(5-6-12(13)14(19)20)17-15(21)16-8-7-10-3-1-2-4-10/h3,5-6,9,18H,1-2,4,7-8H2,(H,19,20)(H2,16,17,21). The molecule has 0 aromatic heterocycles. The lowest BCUT2D eigenvalue weighted by atomic mass is 10.2. The number of carboxylic acid groups (broad SMARTS) is 1. The Morgan fingerprint density at radius 1 is 1.29 bits per heavy atom. The van der Waals surface area contributed by atoms with Gasteiger partial charge >= 0.3 is 12.0 Å². The fourth-order valence-electron chi connectivity index (χ4n) is 2.27. The van der Waals surface area contributed by atoms with E-state index in [-0.39, 0.29) is 17.3 Å². The number of aromatic carboxylic acids is 1. The Kier molecular flexibility index (Phi) is 4.81. The van der Waals surface area contributed by atoms with E-state index in [1.54, 1.807) is 0 Å². The number of carbonyl (C=O) groups excluding carboxylic acids is 1. The van der Waals surface area contributed by atoms with Crippen LogP contribution in [0.25, 0.3) is 0 Å². The van der Waals surface area contributed by atoms with Gasteiger partial charge in [-0.3, -0.25) is 0 Å². The number of aromatic hydroxyl groups is 1. The minimum atomic E-state index is -1.21. The minimum absolute atomic E-state index is 0.200. The number of hydrogen-bond acceptors (Lipinski definition) is 3. The van der Waals surface area contributed by atoms with Crippen molar-refractivity contribution in [2.24, 2.45) is 0 Å². The van der Waals surface area contributed by atoms with Crippen LogP contribution in [0.2, 0.25) is 0 Å². The van der Waals surface area contributed by atoms with Crippen LogP contribution in [0.5, 0.6) is 5.75 Å². The lowest BCUT2D eigenvalue weighted by molar-refractivity contribution is 0.0694. The van der Waals surface area contributed by atoms with Crippen LogP contribution in [-0.2, 0) is 0 Å². The largest absolute Gasteiger partial charge is 0.507 e. The summed E-state index contributed by atoms with van der Waals surface area (Å²) in [6.45, 7) is 0.552. The third-order valence-corrected chi connectivity index (χ3v) is 3.35. The summed E-state index contributed by atoms with van der Waals surface area (Å²) in [5.74, 6) is -1.59. The maximum atomic E-state index is 11.7. The molecule has 1 aromatic carbocycles. The molecule has 0 aliphatic heterocycles. The SMILES string of the molecule is O=C(NCCC1=CCCC1)Nc1ccc(C(=O)O)c(O)c1. The predicted molar refractivity (Wildman–Crippen MR) is 78.6 cm³/mol. The van der Waals surface area contributed by atoms with Crippen molar-refractivity contribution in [3.63, 3.8) is 0 Å². The number of allylic oxidation sites excluding steroid dienone is 1. The highest BCUT2D eigenvalue weighted by Gasteiger charge is 2.11. The summed E-state index contributed by atoms with van der Waals surface area (Å²) < 4.78 is 0. The third-order valence-electron chi connectivity index (χ3n) is 3.35. The molecule has 0 atom stereocenters. The van der Waals surface area contributed by atoms with Gasteiger partial charge in [0.25, 0.3) is 0 Å². The lowest BCUT2D eigenvalue weighted by Gasteiger charge is -2.09. The van der Waals surface area contributed by atoms with E-state index in [0.717, 1.165) is 19.3 Å². The summed E-state index contributed by atoms with van der Waals surface area (Å²) in [7, 11) is 0. The number of urea groups is 1. The second-order valence-electron chi connectivity index (χ2n) is 4.92. The third kappa shape index (κ3) is 4.24. The molecule has 1 aromatic rings. The van der Waals surface area contributed by atoms with Gasteiger partial charge in [-0.2, -0.15) is 0 Å². The fraction of sp³-hybridized carbons (Fsp3) is 0.333. The molecule has 21 heavy (non-hydrogen) atoms. The van der Waals surface area contributed by atoms with Gasteiger partial charge in [-0.25, -0.2) is 9.59 Å². The molecule has 6 nitrogen and oxygen atoms in total. The van der Waals surface area contributed by atoms with Crippen molar-refractivity contribution in [2.75, 3.05) is 11.9 Å². The van der Waals surface area contributed by atoms with Gasteiger partial charge in [-0.1, -0.05) is 11.6 Å². The number of benzene rings is 1. The molecule has 2 rings (SSSR count). The highest BCUT2D eigenvalue weighted by atomic mass is 16.4. The van der Waals surface area contributed by atoms with E-state index in [1.807, 2.05) is 0 Å². The van der Waals surface area contributed by atoms with Crippen LogP contribution in [0.3, 0.4) is 0 Å². The highest BCUT2D eigenvalue weighted by molar-refractivity contribution is 5.93. The van der Waals surface area contributed by atoms with E-state index in [0.29, 0.717) is 12.2 Å². The van der Waals surface area contributed by atoms with Gasteiger partial charge in [0.2, 0.25) is 0 Å². The molecule has 6 heteroatoms. The average molecular weight is 290 g/mol. The zero-order chi connectivity index (χ0) is 15.2. The van der Waals surface area contributed by atoms with Crippen LogP contribution >= 0.6 is 0 Å². The molecular weight excluding hydrogens is 272 g/mol. The van der Waals surface area contributed by atoms with Crippen molar-refractivity contribution in [3.05, 3.63) is 35.4 Å². The maximum absolute atomic E-state index is 11.7. The van der Waals surface area contributed by atoms with Crippen LogP contribution in [0.4, 0.5) is 10.5 Å². The first-order valence-corrected chi connectivity index (χ1v) is 6.85. The molecular formula is C15H18N2O4. The van der Waals surface area contributed by atoms with Crippen molar-refractivity contribution in [2.45, 2.75) is 25.7 Å². The number of rotatable bonds is 5. The summed E-state index contributed by atoms with van der Waals surface area (Å²) >= 11 is 0. The summed E-state index contributed by atoms with van der Waals surface area (Å²) in [5, 5.41) is 23.6. The first-order valence-electron chi connectivity index (χ1n) is 6.85. The van der Waals surface area contributed by atoms with Gasteiger partial charge in [0.1, 0.15) is 11.3 Å². The summed E-state index contributed by atoms with van der Waals surface area (Å²) in [5.41, 5.74) is 1.52. The molecule has 1 aliphatic carbocycles. The minimum Gasteiger partial charge on any atom is -0.507 e. The zero-order valence-corrected chi connectivity index (χ0v) is 11.6. The molecule has 0 saturated carbocycles. The lowest BCUT2D eigenvalue weighted by Crippen LogP contribution is -2.29. The number of nitrogens with one attached hydrogen (secondary N) is 2. The van der Waals surface area contributed by atoms with E-state index in [2.05, 4.69) is 16.7 Å². The van der Waals surface area contributed by atoms with Crippen LogP contribution in [0.15, 0.2) is 29.8 Å². The maximum Gasteiger partial charge on any atom is 0.339 e. The van der Waals surface area contributed by atoms with E-state index in [4.69, 9.17) is 5.11 Å². The molecule has 2 amide bonds. The van der Waals surface area contributed by atoms with E-state index >= 15 is 0 Å². The Bertz CT molecular complexity index is 581. The molecule has 0 bridgehead atoms. The monoisotopic (exact) mass is 290 g/mol. The number of carbonyl (C=O) groups is 2. The normalized spacial score (nSPS) is 13.6. The highest BCUT2D eigenvalue weighted by Crippen LogP contribution is 2.22. The van der Waals surface area contributed by atoms with Gasteiger partial charge < -0.3 is 20.8 Å². The molecule has 0 fully saturated rings. The average Bonchev–Trinajstić information content (AvgIpc) is 2.91. The van der Waals surface area contributed by atoms with Gasteiger partial charge in [0, 0.05) is 18.3 Å². The van der Waals surface area contributed by atoms with Crippen molar-refractivity contribution in [1.82, 2.24) is 5.32 Å². The van der Waals surface area contributed by atoms with Gasteiger partial charge in [0.15, 0.2) is 0 Å². The number of anilines is 1. The molecule has 0 saturated heterocycles. The number of hydrogen-bond donors (Lipinski definition) is 4. The molecule has 0 unspecified atom stereocenters. The summed E-state index contributed by atoms with van der Waals surface area (Å²) in [6, 6.07) is 3.51. The van der Waals surface area contributed by atoms with Crippen LogP contribution in [-0.4, -0.2) is 28.8 Å². The predicted octanol–water partition coefficient (Wildman–Crippen LogP) is 2.71. The molecule has 4 N–H and O–H groups in total. The summed E-state index contributed by atoms with van der Waals surface area (Å²) in [6.07, 6.45) is 6.47. The Labute approximate surface area is 122 Å². The van der Waals surface area contributed by atoms with Gasteiger partial charge in [-0.15, -0.1) is 0 Å². The van der Waals surface area contributed by atoms with Gasteiger partial charge in [-0.05, 0) is 37.8 Å². The number of carboxylic acids is 1. The first-order chi connectivity index (χ1) is 10.1. The van der Waals surface area contributed by atoms with E-state index in [9.17, 15) is 14.7 Å². The topological polar surface area (TPSA) is 98.7 Å². The molecule has 0 radical (unpaired) electrons. The second-order valence-corrected chi connectivity index (χ2v) is 4.92. The van der Waals surface area contributed by atoms with Crippen LogP contribution in [0.1, 0.15) is 36.0 Å². The van der Waals surface area contributed by atoms with Crippen molar-refractivity contribution >= 4 is 17.7 Å². The Morgan fingerprint density at radius 2 is 2.10 bits per heavy atom. The zero-order valence-electron chi connectivity index (χ0n) is 11.6. The van der Waals surface area contributed by atoms with Crippen LogP contribution < -0.4 is 10.6 Å². The Balaban J connectivity index is 1.82. The van der Waals surface area contributed by atoms with Crippen molar-refractivity contribution in [3.8, 4) is 5.75 Å². The first kappa shape index (κ1) is 14.9. The van der Waals surface area contributed by atoms with Gasteiger partial charge in [0.05, 0.1) is 0 Å². The quantitative estimate of drug-likeness (QED) is 0.626. The van der Waals surface area contributed by atoms with Crippen LogP contribution in [0, 0.1) is 0 Å². The molecule has 0 spiro atoms. The second kappa shape index (κ2) is 6.78.